The van der Waals surface area contributed by atoms with Crippen LogP contribution >= 0.6 is 11.6 Å². The van der Waals surface area contributed by atoms with Crippen LogP contribution in [0.25, 0.3) is 0 Å². The minimum atomic E-state index is -0.190. The van der Waals surface area contributed by atoms with Crippen molar-refractivity contribution in [3.63, 3.8) is 0 Å². The Morgan fingerprint density at radius 1 is 1.18 bits per heavy atom. The van der Waals surface area contributed by atoms with Crippen molar-refractivity contribution in [3.8, 4) is 11.6 Å². The summed E-state index contributed by atoms with van der Waals surface area (Å²) in [5, 5.41) is 0.398. The Morgan fingerprint density at radius 2 is 1.95 bits per heavy atom. The minimum absolute atomic E-state index is 0.190. The lowest BCUT2D eigenvalue weighted by Gasteiger charge is -2.09. The molecule has 0 atom stereocenters. The van der Waals surface area contributed by atoms with Crippen LogP contribution in [0.4, 0.5) is 0 Å². The number of hydrogen-bond acceptors (Lipinski definition) is 4. The monoisotopic (exact) mass is 317 g/mol. The van der Waals surface area contributed by atoms with E-state index in [1.165, 1.54) is 7.11 Å². The first-order valence-corrected chi connectivity index (χ1v) is 7.45. The van der Waals surface area contributed by atoms with Crippen molar-refractivity contribution in [2.75, 3.05) is 14.2 Å². The molecule has 1 aliphatic rings. The van der Waals surface area contributed by atoms with E-state index in [0.717, 1.165) is 18.4 Å². The molecule has 22 heavy (non-hydrogen) atoms. The SMILES string of the molecule is COc1ccc(C(=O)c2ccc(C3CC3)c(OC)n2)cc1Cl. The fourth-order valence-electron chi connectivity index (χ4n) is 2.40. The highest BCUT2D eigenvalue weighted by Crippen LogP contribution is 2.43. The number of ketones is 1. The molecule has 1 aromatic carbocycles. The van der Waals surface area contributed by atoms with Crippen molar-refractivity contribution in [1.29, 1.82) is 0 Å². The van der Waals surface area contributed by atoms with Gasteiger partial charge in [0.2, 0.25) is 11.7 Å². The topological polar surface area (TPSA) is 48.4 Å². The first-order valence-electron chi connectivity index (χ1n) is 7.07. The van der Waals surface area contributed by atoms with Crippen LogP contribution in [0.3, 0.4) is 0 Å². The summed E-state index contributed by atoms with van der Waals surface area (Å²) in [5.41, 5.74) is 1.90. The van der Waals surface area contributed by atoms with Gasteiger partial charge in [-0.15, -0.1) is 0 Å². The van der Waals surface area contributed by atoms with Gasteiger partial charge in [-0.2, -0.15) is 0 Å². The highest BCUT2D eigenvalue weighted by Gasteiger charge is 2.28. The average Bonchev–Trinajstić information content (AvgIpc) is 3.38. The Kier molecular flexibility index (Phi) is 4.03. The number of nitrogens with zero attached hydrogens (tertiary/aromatic N) is 1. The van der Waals surface area contributed by atoms with E-state index in [2.05, 4.69) is 4.98 Å². The van der Waals surface area contributed by atoms with E-state index in [4.69, 9.17) is 21.1 Å². The standard InChI is InChI=1S/C17H16ClNO3/c1-21-15-8-5-11(9-13(15)18)16(20)14-7-6-12(10-3-4-10)17(19-14)22-2/h5-10H,3-4H2,1-2H3. The molecule has 0 saturated heterocycles. The van der Waals surface area contributed by atoms with Crippen molar-refractivity contribution in [3.05, 3.63) is 52.2 Å². The molecule has 0 aliphatic heterocycles. The van der Waals surface area contributed by atoms with Crippen LogP contribution in [0.2, 0.25) is 5.02 Å². The number of aromatic nitrogens is 1. The molecule has 3 rings (SSSR count). The Labute approximate surface area is 134 Å². The molecule has 2 aromatic rings. The molecule has 1 aromatic heterocycles. The quantitative estimate of drug-likeness (QED) is 0.786. The summed E-state index contributed by atoms with van der Waals surface area (Å²) >= 11 is 6.07. The van der Waals surface area contributed by atoms with Crippen molar-refractivity contribution in [1.82, 2.24) is 4.98 Å². The Hall–Kier alpha value is -2.07. The van der Waals surface area contributed by atoms with Gasteiger partial charge in [-0.1, -0.05) is 17.7 Å². The van der Waals surface area contributed by atoms with Crippen LogP contribution in [0, 0.1) is 0 Å². The van der Waals surface area contributed by atoms with E-state index in [9.17, 15) is 4.79 Å². The molecular weight excluding hydrogens is 302 g/mol. The highest BCUT2D eigenvalue weighted by molar-refractivity contribution is 6.32. The second kappa shape index (κ2) is 5.97. The summed E-state index contributed by atoms with van der Waals surface area (Å²) in [5.74, 6) is 1.40. The summed E-state index contributed by atoms with van der Waals surface area (Å²) in [6.45, 7) is 0. The van der Waals surface area contributed by atoms with E-state index in [1.54, 1.807) is 31.4 Å². The number of carbonyl (C=O) groups excluding carboxylic acids is 1. The average molecular weight is 318 g/mol. The van der Waals surface area contributed by atoms with Crippen LogP contribution in [0.5, 0.6) is 11.6 Å². The van der Waals surface area contributed by atoms with E-state index < -0.39 is 0 Å². The number of rotatable bonds is 5. The van der Waals surface area contributed by atoms with Gasteiger partial charge in [-0.05, 0) is 43.0 Å². The molecule has 114 valence electrons. The molecule has 1 saturated carbocycles. The Balaban J connectivity index is 1.93. The summed E-state index contributed by atoms with van der Waals surface area (Å²) < 4.78 is 10.4. The normalized spacial score (nSPS) is 13.8. The first-order chi connectivity index (χ1) is 10.6. The third-order valence-corrected chi connectivity index (χ3v) is 4.04. The number of carbonyl (C=O) groups is 1. The smallest absolute Gasteiger partial charge is 0.217 e. The van der Waals surface area contributed by atoms with Gasteiger partial charge in [0.15, 0.2) is 0 Å². The Morgan fingerprint density at radius 3 is 2.55 bits per heavy atom. The maximum absolute atomic E-state index is 12.5. The summed E-state index contributed by atoms with van der Waals surface area (Å²) in [4.78, 5) is 16.9. The zero-order valence-corrected chi connectivity index (χ0v) is 13.2. The number of ether oxygens (including phenoxy) is 2. The highest BCUT2D eigenvalue weighted by atomic mass is 35.5. The molecule has 5 heteroatoms. The molecule has 0 bridgehead atoms. The van der Waals surface area contributed by atoms with Crippen LogP contribution in [0.15, 0.2) is 30.3 Å². The van der Waals surface area contributed by atoms with Crippen LogP contribution in [-0.2, 0) is 0 Å². The van der Waals surface area contributed by atoms with E-state index in [0.29, 0.717) is 33.8 Å². The van der Waals surface area contributed by atoms with Gasteiger partial charge in [0.05, 0.1) is 19.2 Å². The third kappa shape index (κ3) is 2.79. The molecule has 0 radical (unpaired) electrons. The molecule has 4 nitrogen and oxygen atoms in total. The number of halogens is 1. The predicted molar refractivity (Wildman–Crippen MR) is 84.2 cm³/mol. The Bertz CT molecular complexity index is 726. The van der Waals surface area contributed by atoms with Crippen molar-refractivity contribution in [2.24, 2.45) is 0 Å². The van der Waals surface area contributed by atoms with E-state index in [1.807, 2.05) is 6.07 Å². The number of hydrogen-bond donors (Lipinski definition) is 0. The van der Waals surface area contributed by atoms with Gasteiger partial charge < -0.3 is 9.47 Å². The molecule has 1 fully saturated rings. The molecule has 1 heterocycles. The fraction of sp³-hybridized carbons (Fsp3) is 0.294. The van der Waals surface area contributed by atoms with Crippen molar-refractivity contribution in [2.45, 2.75) is 18.8 Å². The van der Waals surface area contributed by atoms with Gasteiger partial charge >= 0.3 is 0 Å². The number of pyridine rings is 1. The predicted octanol–water partition coefficient (Wildman–Crippen LogP) is 3.86. The van der Waals surface area contributed by atoms with Gasteiger partial charge in [0.1, 0.15) is 11.4 Å². The zero-order valence-electron chi connectivity index (χ0n) is 12.4. The van der Waals surface area contributed by atoms with Crippen LogP contribution < -0.4 is 9.47 Å². The van der Waals surface area contributed by atoms with Crippen LogP contribution in [-0.4, -0.2) is 25.0 Å². The van der Waals surface area contributed by atoms with Crippen LogP contribution in [0.1, 0.15) is 40.4 Å². The molecule has 0 amide bonds. The largest absolute Gasteiger partial charge is 0.495 e. The second-order valence-corrected chi connectivity index (χ2v) is 5.65. The fourth-order valence-corrected chi connectivity index (χ4v) is 2.66. The van der Waals surface area contributed by atoms with Gasteiger partial charge in [0, 0.05) is 11.1 Å². The molecule has 1 aliphatic carbocycles. The van der Waals surface area contributed by atoms with Gasteiger partial charge in [-0.3, -0.25) is 4.79 Å². The van der Waals surface area contributed by atoms with E-state index in [-0.39, 0.29) is 5.78 Å². The summed E-state index contributed by atoms with van der Waals surface area (Å²) in [7, 11) is 3.11. The van der Waals surface area contributed by atoms with E-state index >= 15 is 0 Å². The molecular formula is C17H16ClNO3. The molecule has 0 N–H and O–H groups in total. The summed E-state index contributed by atoms with van der Waals surface area (Å²) in [6.07, 6.45) is 2.30. The van der Waals surface area contributed by atoms with Crippen molar-refractivity contribution < 1.29 is 14.3 Å². The number of methoxy groups -OCH3 is 2. The second-order valence-electron chi connectivity index (χ2n) is 5.25. The molecule has 0 unspecified atom stereocenters. The lowest BCUT2D eigenvalue weighted by atomic mass is 10.1. The summed E-state index contributed by atoms with van der Waals surface area (Å²) in [6, 6.07) is 8.62. The first kappa shape index (κ1) is 14.9. The maximum Gasteiger partial charge on any atom is 0.217 e. The molecule has 0 spiro atoms. The van der Waals surface area contributed by atoms with Gasteiger partial charge in [0.25, 0.3) is 0 Å². The van der Waals surface area contributed by atoms with Gasteiger partial charge in [-0.25, -0.2) is 4.98 Å². The lowest BCUT2D eigenvalue weighted by molar-refractivity contribution is 0.103. The lowest BCUT2D eigenvalue weighted by Crippen LogP contribution is -2.06. The van der Waals surface area contributed by atoms with Crippen molar-refractivity contribution >= 4 is 17.4 Å². The minimum Gasteiger partial charge on any atom is -0.495 e. The zero-order chi connectivity index (χ0) is 15.7. The number of benzene rings is 1. The maximum atomic E-state index is 12.5. The third-order valence-electron chi connectivity index (χ3n) is 3.75.